The van der Waals surface area contributed by atoms with Gasteiger partial charge in [-0.2, -0.15) is 0 Å². The monoisotopic (exact) mass is 336 g/mol. The SMILES string of the molecule is COc1c(C(C)(C)C)cc(COCCCCO)c(C)c1C(C)(C)C. The Labute approximate surface area is 148 Å². The predicted octanol–water partition coefficient (Wildman–Crippen LogP) is 4.89. The fourth-order valence-electron chi connectivity index (χ4n) is 3.13. The summed E-state index contributed by atoms with van der Waals surface area (Å²) < 4.78 is 11.7. The molecule has 0 saturated carbocycles. The van der Waals surface area contributed by atoms with Gasteiger partial charge >= 0.3 is 0 Å². The standard InChI is InChI=1S/C21H36O3/c1-15-16(14-24-12-10-9-11-22)13-17(20(2,3)4)19(23-8)18(15)21(5,6)7/h13,22H,9-12,14H2,1-8H3. The van der Waals surface area contributed by atoms with Crippen molar-refractivity contribution in [2.45, 2.75) is 78.7 Å². The van der Waals surface area contributed by atoms with E-state index in [1.165, 1.54) is 22.3 Å². The summed E-state index contributed by atoms with van der Waals surface area (Å²) in [4.78, 5) is 0. The van der Waals surface area contributed by atoms with E-state index in [1.54, 1.807) is 7.11 Å². The topological polar surface area (TPSA) is 38.7 Å². The Morgan fingerprint density at radius 3 is 2.08 bits per heavy atom. The molecular formula is C21H36O3. The van der Waals surface area contributed by atoms with Crippen molar-refractivity contribution in [3.63, 3.8) is 0 Å². The lowest BCUT2D eigenvalue weighted by atomic mass is 9.76. The first kappa shape index (κ1) is 21.0. The first-order valence-electron chi connectivity index (χ1n) is 8.94. The molecule has 0 spiro atoms. The molecule has 1 rings (SSSR count). The van der Waals surface area contributed by atoms with Crippen molar-refractivity contribution in [2.75, 3.05) is 20.3 Å². The Hall–Kier alpha value is -1.06. The first-order chi connectivity index (χ1) is 11.0. The van der Waals surface area contributed by atoms with Crippen LogP contribution >= 0.6 is 0 Å². The number of aliphatic hydroxyl groups is 1. The van der Waals surface area contributed by atoms with Gasteiger partial charge in [0.05, 0.1) is 13.7 Å². The summed E-state index contributed by atoms with van der Waals surface area (Å²) in [5.41, 5.74) is 5.00. The van der Waals surface area contributed by atoms with Crippen LogP contribution in [-0.4, -0.2) is 25.4 Å². The summed E-state index contributed by atoms with van der Waals surface area (Å²) in [5.74, 6) is 1.01. The second-order valence-electron chi connectivity index (χ2n) is 8.60. The first-order valence-corrected chi connectivity index (χ1v) is 8.94. The van der Waals surface area contributed by atoms with E-state index in [9.17, 15) is 0 Å². The van der Waals surface area contributed by atoms with Crippen LogP contribution in [0.4, 0.5) is 0 Å². The third kappa shape index (κ3) is 5.22. The minimum Gasteiger partial charge on any atom is -0.496 e. The lowest BCUT2D eigenvalue weighted by molar-refractivity contribution is 0.112. The quantitative estimate of drug-likeness (QED) is 0.721. The molecule has 3 heteroatoms. The summed E-state index contributed by atoms with van der Waals surface area (Å²) in [5, 5.41) is 8.87. The number of benzene rings is 1. The van der Waals surface area contributed by atoms with Crippen LogP contribution in [0.5, 0.6) is 5.75 Å². The molecular weight excluding hydrogens is 300 g/mol. The van der Waals surface area contributed by atoms with Crippen molar-refractivity contribution in [3.8, 4) is 5.75 Å². The van der Waals surface area contributed by atoms with Crippen molar-refractivity contribution in [2.24, 2.45) is 0 Å². The van der Waals surface area contributed by atoms with Crippen LogP contribution in [0.1, 0.15) is 76.6 Å². The number of methoxy groups -OCH3 is 1. The van der Waals surface area contributed by atoms with Gasteiger partial charge < -0.3 is 14.6 Å². The molecule has 0 fully saturated rings. The molecule has 1 aromatic carbocycles. The van der Waals surface area contributed by atoms with Gasteiger partial charge in [-0.15, -0.1) is 0 Å². The van der Waals surface area contributed by atoms with Crippen LogP contribution in [0.25, 0.3) is 0 Å². The van der Waals surface area contributed by atoms with E-state index in [2.05, 4.69) is 54.5 Å². The average Bonchev–Trinajstić information content (AvgIpc) is 2.45. The maximum Gasteiger partial charge on any atom is 0.126 e. The molecule has 0 unspecified atom stereocenters. The molecule has 0 atom stereocenters. The lowest BCUT2D eigenvalue weighted by Crippen LogP contribution is -2.22. The predicted molar refractivity (Wildman–Crippen MR) is 101 cm³/mol. The molecule has 1 N–H and O–H groups in total. The van der Waals surface area contributed by atoms with Gasteiger partial charge in [-0.05, 0) is 47.8 Å². The van der Waals surface area contributed by atoms with Gasteiger partial charge in [0.25, 0.3) is 0 Å². The van der Waals surface area contributed by atoms with Crippen LogP contribution in [0, 0.1) is 6.92 Å². The van der Waals surface area contributed by atoms with E-state index >= 15 is 0 Å². The zero-order chi connectivity index (χ0) is 18.5. The second kappa shape index (κ2) is 8.35. The van der Waals surface area contributed by atoms with Crippen LogP contribution < -0.4 is 4.74 Å². The molecule has 0 saturated heterocycles. The molecule has 0 radical (unpaired) electrons. The number of ether oxygens (including phenoxy) is 2. The third-order valence-corrected chi connectivity index (χ3v) is 4.36. The molecule has 0 aliphatic carbocycles. The Morgan fingerprint density at radius 1 is 1.00 bits per heavy atom. The van der Waals surface area contributed by atoms with Crippen molar-refractivity contribution < 1.29 is 14.6 Å². The Bertz CT molecular complexity index is 533. The van der Waals surface area contributed by atoms with Crippen molar-refractivity contribution in [3.05, 3.63) is 28.3 Å². The molecule has 0 aromatic heterocycles. The fraction of sp³-hybridized carbons (Fsp3) is 0.714. The van der Waals surface area contributed by atoms with Gasteiger partial charge in [0.15, 0.2) is 0 Å². The van der Waals surface area contributed by atoms with Crippen LogP contribution in [-0.2, 0) is 22.2 Å². The minimum absolute atomic E-state index is 0.00231. The van der Waals surface area contributed by atoms with Crippen molar-refractivity contribution in [1.82, 2.24) is 0 Å². The molecule has 1 aromatic rings. The van der Waals surface area contributed by atoms with Gasteiger partial charge in [0, 0.05) is 24.3 Å². The normalized spacial score (nSPS) is 12.5. The van der Waals surface area contributed by atoms with Crippen LogP contribution in [0.3, 0.4) is 0 Å². The van der Waals surface area contributed by atoms with E-state index in [4.69, 9.17) is 14.6 Å². The highest BCUT2D eigenvalue weighted by Gasteiger charge is 2.29. The highest BCUT2D eigenvalue weighted by Crippen LogP contribution is 2.43. The van der Waals surface area contributed by atoms with Crippen molar-refractivity contribution in [1.29, 1.82) is 0 Å². The third-order valence-electron chi connectivity index (χ3n) is 4.36. The number of hydrogen-bond acceptors (Lipinski definition) is 3. The lowest BCUT2D eigenvalue weighted by Gasteiger charge is -2.32. The molecule has 0 bridgehead atoms. The molecule has 3 nitrogen and oxygen atoms in total. The van der Waals surface area contributed by atoms with E-state index in [-0.39, 0.29) is 17.4 Å². The molecule has 0 heterocycles. The van der Waals surface area contributed by atoms with E-state index in [0.717, 1.165) is 18.6 Å². The summed E-state index contributed by atoms with van der Waals surface area (Å²) >= 11 is 0. The van der Waals surface area contributed by atoms with Crippen LogP contribution in [0.2, 0.25) is 0 Å². The van der Waals surface area contributed by atoms with E-state index in [1.807, 2.05) is 0 Å². The highest BCUT2D eigenvalue weighted by molar-refractivity contribution is 5.55. The zero-order valence-electron chi connectivity index (χ0n) is 16.9. The van der Waals surface area contributed by atoms with Gasteiger partial charge in [-0.25, -0.2) is 0 Å². The molecule has 138 valence electrons. The summed E-state index contributed by atoms with van der Waals surface area (Å²) in [7, 11) is 1.77. The zero-order valence-corrected chi connectivity index (χ0v) is 16.9. The maximum absolute atomic E-state index is 8.87. The molecule has 0 aliphatic heterocycles. The van der Waals surface area contributed by atoms with Gasteiger partial charge in [-0.3, -0.25) is 0 Å². The minimum atomic E-state index is 0.00231. The largest absolute Gasteiger partial charge is 0.496 e. The number of aliphatic hydroxyl groups excluding tert-OH is 1. The van der Waals surface area contributed by atoms with Crippen LogP contribution in [0.15, 0.2) is 6.07 Å². The number of rotatable bonds is 7. The van der Waals surface area contributed by atoms with E-state index < -0.39 is 0 Å². The Balaban J connectivity index is 3.30. The summed E-state index contributed by atoms with van der Waals surface area (Å²) in [6.07, 6.45) is 1.69. The number of unbranched alkanes of at least 4 members (excludes halogenated alkanes) is 1. The second-order valence-corrected chi connectivity index (χ2v) is 8.60. The van der Waals surface area contributed by atoms with E-state index in [0.29, 0.717) is 13.2 Å². The summed E-state index contributed by atoms with van der Waals surface area (Å²) in [6, 6.07) is 2.25. The smallest absolute Gasteiger partial charge is 0.126 e. The fourth-order valence-corrected chi connectivity index (χ4v) is 3.13. The molecule has 0 aliphatic rings. The number of hydrogen-bond donors (Lipinski definition) is 1. The van der Waals surface area contributed by atoms with Gasteiger partial charge in [0.1, 0.15) is 5.75 Å². The Kier molecular flexibility index (Phi) is 7.30. The molecule has 0 amide bonds. The van der Waals surface area contributed by atoms with Gasteiger partial charge in [-0.1, -0.05) is 41.5 Å². The summed E-state index contributed by atoms with van der Waals surface area (Å²) in [6.45, 7) is 17.0. The average molecular weight is 337 g/mol. The Morgan fingerprint density at radius 2 is 1.62 bits per heavy atom. The highest BCUT2D eigenvalue weighted by atomic mass is 16.5. The maximum atomic E-state index is 8.87. The van der Waals surface area contributed by atoms with Crippen molar-refractivity contribution >= 4 is 0 Å². The molecule has 24 heavy (non-hydrogen) atoms. The van der Waals surface area contributed by atoms with Gasteiger partial charge in [0.2, 0.25) is 0 Å².